The number of benzene rings is 2. The smallest absolute Gasteiger partial charge is 0.203 e. The van der Waals surface area contributed by atoms with Crippen LogP contribution in [-0.4, -0.2) is 58.9 Å². The first-order valence-corrected chi connectivity index (χ1v) is 10.9. The maximum absolute atomic E-state index is 5.60. The van der Waals surface area contributed by atoms with E-state index in [0.29, 0.717) is 23.3 Å². The molecular formula is C25H35N3O3. The Morgan fingerprint density at radius 3 is 2.39 bits per heavy atom. The molecule has 1 N–H and O–H groups in total. The highest BCUT2D eigenvalue weighted by atomic mass is 16.5. The van der Waals surface area contributed by atoms with E-state index in [4.69, 9.17) is 14.2 Å². The van der Waals surface area contributed by atoms with Gasteiger partial charge in [0.05, 0.1) is 21.3 Å². The van der Waals surface area contributed by atoms with Crippen LogP contribution in [0.1, 0.15) is 30.4 Å². The molecule has 0 aromatic heterocycles. The highest BCUT2D eigenvalue weighted by molar-refractivity contribution is 5.80. The van der Waals surface area contributed by atoms with E-state index in [1.807, 2.05) is 19.2 Å². The Labute approximate surface area is 186 Å². The van der Waals surface area contributed by atoms with E-state index < -0.39 is 0 Å². The molecule has 0 spiro atoms. The number of rotatable bonds is 7. The fourth-order valence-corrected chi connectivity index (χ4v) is 4.53. The van der Waals surface area contributed by atoms with Crippen LogP contribution < -0.4 is 19.5 Å². The molecule has 2 aromatic carbocycles. The lowest BCUT2D eigenvalue weighted by atomic mass is 9.82. The average Bonchev–Trinajstić information content (AvgIpc) is 2.81. The number of piperidine rings is 1. The van der Waals surface area contributed by atoms with Crippen molar-refractivity contribution in [3.8, 4) is 17.2 Å². The van der Waals surface area contributed by atoms with Crippen LogP contribution in [0.15, 0.2) is 47.5 Å². The Morgan fingerprint density at radius 2 is 1.77 bits per heavy atom. The second-order valence-corrected chi connectivity index (χ2v) is 7.95. The summed E-state index contributed by atoms with van der Waals surface area (Å²) in [4.78, 5) is 6.91. The van der Waals surface area contributed by atoms with Crippen molar-refractivity contribution in [2.24, 2.45) is 10.9 Å². The molecule has 0 amide bonds. The number of ether oxygens (including phenoxy) is 3. The van der Waals surface area contributed by atoms with Crippen LogP contribution in [0.4, 0.5) is 0 Å². The maximum atomic E-state index is 5.60. The molecule has 0 bridgehead atoms. The number of likely N-dealkylation sites (tertiary alicyclic amines) is 1. The van der Waals surface area contributed by atoms with Crippen molar-refractivity contribution in [3.05, 3.63) is 53.6 Å². The van der Waals surface area contributed by atoms with Gasteiger partial charge in [-0.1, -0.05) is 43.3 Å². The summed E-state index contributed by atoms with van der Waals surface area (Å²) in [7, 11) is 6.77. The summed E-state index contributed by atoms with van der Waals surface area (Å²) in [6, 6.07) is 14.8. The summed E-state index contributed by atoms with van der Waals surface area (Å²) in [5.41, 5.74) is 2.51. The Morgan fingerprint density at radius 1 is 1.03 bits per heavy atom. The monoisotopic (exact) mass is 425 g/mol. The molecule has 168 valence electrons. The summed E-state index contributed by atoms with van der Waals surface area (Å²) in [6.45, 7) is 5.10. The van der Waals surface area contributed by atoms with Crippen molar-refractivity contribution >= 4 is 5.96 Å². The number of aliphatic imine (C=N–C) groups is 1. The van der Waals surface area contributed by atoms with E-state index in [-0.39, 0.29) is 0 Å². The normalized spacial score (nSPS) is 19.1. The van der Waals surface area contributed by atoms with Gasteiger partial charge < -0.3 is 24.4 Å². The van der Waals surface area contributed by atoms with Gasteiger partial charge in [0.15, 0.2) is 17.5 Å². The lowest BCUT2D eigenvalue weighted by molar-refractivity contribution is 0.234. The Bertz CT molecular complexity index is 870. The topological polar surface area (TPSA) is 55.3 Å². The number of nitrogens with one attached hydrogen (secondary N) is 1. The number of hydrogen-bond acceptors (Lipinski definition) is 4. The maximum Gasteiger partial charge on any atom is 0.203 e. The quantitative estimate of drug-likeness (QED) is 0.538. The van der Waals surface area contributed by atoms with E-state index in [1.54, 1.807) is 21.3 Å². The third-order valence-corrected chi connectivity index (χ3v) is 6.11. The van der Waals surface area contributed by atoms with Gasteiger partial charge >= 0.3 is 0 Å². The fraction of sp³-hybridized carbons (Fsp3) is 0.480. The average molecular weight is 426 g/mol. The Kier molecular flexibility index (Phi) is 8.04. The minimum Gasteiger partial charge on any atom is -0.493 e. The van der Waals surface area contributed by atoms with Crippen LogP contribution in [0.2, 0.25) is 0 Å². The van der Waals surface area contributed by atoms with Crippen molar-refractivity contribution in [2.45, 2.75) is 25.7 Å². The van der Waals surface area contributed by atoms with Crippen molar-refractivity contribution < 1.29 is 14.2 Å². The first-order chi connectivity index (χ1) is 15.1. The van der Waals surface area contributed by atoms with E-state index in [1.165, 1.54) is 5.56 Å². The van der Waals surface area contributed by atoms with Crippen LogP contribution in [0.5, 0.6) is 17.2 Å². The van der Waals surface area contributed by atoms with Gasteiger partial charge in [0.25, 0.3) is 0 Å². The molecule has 1 heterocycles. The molecule has 2 unspecified atom stereocenters. The van der Waals surface area contributed by atoms with Gasteiger partial charge in [-0.05, 0) is 36.3 Å². The third kappa shape index (κ3) is 5.24. The van der Waals surface area contributed by atoms with Crippen molar-refractivity contribution in [1.82, 2.24) is 10.2 Å². The van der Waals surface area contributed by atoms with Crippen LogP contribution in [0.3, 0.4) is 0 Å². The molecule has 31 heavy (non-hydrogen) atoms. The van der Waals surface area contributed by atoms with Gasteiger partial charge in [0.2, 0.25) is 5.75 Å². The van der Waals surface area contributed by atoms with Crippen molar-refractivity contribution in [3.63, 3.8) is 0 Å². The lowest BCUT2D eigenvalue weighted by Gasteiger charge is -2.39. The third-order valence-electron chi connectivity index (χ3n) is 6.11. The minimum atomic E-state index is 0.570. The number of methoxy groups -OCH3 is 3. The predicted molar refractivity (Wildman–Crippen MR) is 126 cm³/mol. The van der Waals surface area contributed by atoms with E-state index in [2.05, 4.69) is 52.5 Å². The van der Waals surface area contributed by atoms with Crippen LogP contribution in [0.25, 0.3) is 0 Å². The van der Waals surface area contributed by atoms with Crippen LogP contribution >= 0.6 is 0 Å². The molecule has 6 heteroatoms. The molecule has 2 aromatic rings. The van der Waals surface area contributed by atoms with Crippen molar-refractivity contribution in [2.75, 3.05) is 48.0 Å². The zero-order valence-electron chi connectivity index (χ0n) is 19.4. The Hall–Kier alpha value is -2.89. The molecule has 1 saturated heterocycles. The van der Waals surface area contributed by atoms with Gasteiger partial charge in [-0.25, -0.2) is 0 Å². The van der Waals surface area contributed by atoms with Gasteiger partial charge in [-0.15, -0.1) is 0 Å². The second kappa shape index (κ2) is 10.9. The number of guanidine groups is 1. The summed E-state index contributed by atoms with van der Waals surface area (Å²) >= 11 is 0. The molecule has 0 aliphatic carbocycles. The van der Waals surface area contributed by atoms with Gasteiger partial charge in [0.1, 0.15) is 0 Å². The molecule has 0 saturated carbocycles. The van der Waals surface area contributed by atoms with E-state index >= 15 is 0 Å². The van der Waals surface area contributed by atoms with Crippen LogP contribution in [-0.2, 0) is 6.42 Å². The summed E-state index contributed by atoms with van der Waals surface area (Å²) in [6.07, 6.45) is 1.92. The molecule has 3 rings (SSSR count). The zero-order valence-corrected chi connectivity index (χ0v) is 19.4. The summed E-state index contributed by atoms with van der Waals surface area (Å²) in [5.74, 6) is 4.15. The first kappa shape index (κ1) is 22.8. The van der Waals surface area contributed by atoms with Crippen molar-refractivity contribution in [1.29, 1.82) is 0 Å². The first-order valence-electron chi connectivity index (χ1n) is 10.9. The standard InChI is InChI=1S/C25H35N3O3/c1-18-17-28(16-14-21(18)19-9-7-6-8-10-19)25(26-2)27-15-13-20-11-12-22(29-3)24(31-5)23(20)30-4/h6-12,18,21H,13-17H2,1-5H3,(H,26,27). The molecule has 1 fully saturated rings. The van der Waals surface area contributed by atoms with Gasteiger partial charge in [-0.2, -0.15) is 0 Å². The predicted octanol–water partition coefficient (Wildman–Crippen LogP) is 3.96. The van der Waals surface area contributed by atoms with E-state index in [9.17, 15) is 0 Å². The largest absolute Gasteiger partial charge is 0.493 e. The minimum absolute atomic E-state index is 0.570. The van der Waals surface area contributed by atoms with Gasteiger partial charge in [0, 0.05) is 32.2 Å². The molecule has 1 aliphatic heterocycles. The second-order valence-electron chi connectivity index (χ2n) is 7.95. The number of nitrogens with zero attached hydrogens (tertiary/aromatic N) is 2. The molecule has 0 radical (unpaired) electrons. The van der Waals surface area contributed by atoms with Crippen LogP contribution in [0, 0.1) is 5.92 Å². The summed E-state index contributed by atoms with van der Waals surface area (Å²) in [5, 5.41) is 3.53. The lowest BCUT2D eigenvalue weighted by Crippen LogP contribution is -2.48. The van der Waals surface area contributed by atoms with E-state index in [0.717, 1.165) is 49.7 Å². The highest BCUT2D eigenvalue weighted by Crippen LogP contribution is 2.39. The molecule has 6 nitrogen and oxygen atoms in total. The highest BCUT2D eigenvalue weighted by Gasteiger charge is 2.28. The number of hydrogen-bond donors (Lipinski definition) is 1. The molecular weight excluding hydrogens is 390 g/mol. The van der Waals surface area contributed by atoms with Gasteiger partial charge in [-0.3, -0.25) is 4.99 Å². The fourth-order valence-electron chi connectivity index (χ4n) is 4.53. The zero-order chi connectivity index (χ0) is 22.2. The SMILES string of the molecule is CN=C(NCCc1ccc(OC)c(OC)c1OC)N1CCC(c2ccccc2)C(C)C1. The Balaban J connectivity index is 1.59. The molecule has 1 aliphatic rings. The molecule has 2 atom stereocenters. The summed E-state index contributed by atoms with van der Waals surface area (Å²) < 4.78 is 16.5.